The average molecular weight is 1010 g/mol. The van der Waals surface area contributed by atoms with Crippen molar-refractivity contribution in [1.29, 1.82) is 0 Å². The van der Waals surface area contributed by atoms with Gasteiger partial charge >= 0.3 is 5.97 Å². The number of carboxylic acid groups (broad SMARTS) is 1. The zero-order valence-corrected chi connectivity index (χ0v) is 40.7. The number of Topliss-reactive ketones (excluding diaryl/α,β-unsaturated/α-hetero) is 3. The van der Waals surface area contributed by atoms with E-state index in [0.29, 0.717) is 39.9 Å². The fourth-order valence-electron chi connectivity index (χ4n) is 9.18. The van der Waals surface area contributed by atoms with Crippen LogP contribution in [0.2, 0.25) is 0 Å². The molecule has 5 heterocycles. The third-order valence-corrected chi connectivity index (χ3v) is 14.7. The lowest BCUT2D eigenvalue weighted by molar-refractivity contribution is -0.148. The largest absolute Gasteiger partial charge is 0.481 e. The molecule has 4 aliphatic rings. The first-order chi connectivity index (χ1) is 33.7. The molecule has 1 saturated heterocycles. The number of thioether (sulfide) groups is 1. The molecule has 1 aromatic carbocycles. The van der Waals surface area contributed by atoms with Crippen molar-refractivity contribution in [3.8, 4) is 0 Å². The minimum absolute atomic E-state index is 0.219. The van der Waals surface area contributed by atoms with Gasteiger partial charge in [0.15, 0.2) is 17.3 Å². The Morgan fingerprint density at radius 2 is 1.44 bits per heavy atom. The SMILES string of the molecule is CCC(C)[C@@H]1NC(=O)[C@@H]2C[C@@H](O)CN2C(=O)[C@H](CC(=O)O)CC(=O)[C@@H]2CSc3[nH]c4ccc(CC(=O)CN5C(=O)C=CC5=O)cc4c3C[C@@H](CC1=O)C(=O)NCC(=O)N[C@H]([C@@H](C)CC)C(=O)NCC(=O)N2. The van der Waals surface area contributed by atoms with Crippen LogP contribution in [0.25, 0.3) is 10.9 Å². The van der Waals surface area contributed by atoms with Crippen molar-refractivity contribution >= 4 is 93.2 Å². The molecule has 2 aromatic rings. The van der Waals surface area contributed by atoms with E-state index in [0.717, 1.165) is 33.7 Å². The fourth-order valence-corrected chi connectivity index (χ4v) is 10.3. The van der Waals surface area contributed by atoms with E-state index >= 15 is 0 Å². The number of fused-ring (bicyclic) bond motifs is 5. The molecule has 71 heavy (non-hydrogen) atoms. The van der Waals surface area contributed by atoms with Gasteiger partial charge in [-0.1, -0.05) is 46.6 Å². The number of carboxylic acids is 1. The number of carbonyl (C=O) groups is 12. The summed E-state index contributed by atoms with van der Waals surface area (Å²) in [6, 6.07) is -0.338. The second-order valence-electron chi connectivity index (χ2n) is 18.7. The predicted octanol–water partition coefficient (Wildman–Crippen LogP) is -0.767. The summed E-state index contributed by atoms with van der Waals surface area (Å²) in [5.41, 5.74) is 1.33. The molecule has 6 rings (SSSR count). The van der Waals surface area contributed by atoms with Crippen molar-refractivity contribution in [1.82, 2.24) is 41.4 Å². The average Bonchev–Trinajstić information content (AvgIpc) is 3.99. The number of nitrogens with one attached hydrogen (secondary N) is 6. The molecule has 22 nitrogen and oxygen atoms in total. The molecule has 2 bridgehead atoms. The Morgan fingerprint density at radius 3 is 2.10 bits per heavy atom. The van der Waals surface area contributed by atoms with Gasteiger partial charge in [0.2, 0.25) is 35.4 Å². The van der Waals surface area contributed by atoms with Gasteiger partial charge in [0.1, 0.15) is 12.1 Å². The predicted molar refractivity (Wildman–Crippen MR) is 253 cm³/mol. The van der Waals surface area contributed by atoms with Crippen LogP contribution < -0.4 is 26.6 Å². The fraction of sp³-hybridized carbons (Fsp3) is 0.542. The Balaban J connectivity index is 1.50. The highest BCUT2D eigenvalue weighted by Crippen LogP contribution is 2.35. The summed E-state index contributed by atoms with van der Waals surface area (Å²) in [6.07, 6.45) is -1.19. The third-order valence-electron chi connectivity index (χ3n) is 13.6. The first-order valence-electron chi connectivity index (χ1n) is 23.7. The van der Waals surface area contributed by atoms with Gasteiger partial charge < -0.3 is 46.7 Å². The van der Waals surface area contributed by atoms with Crippen molar-refractivity contribution in [3.05, 3.63) is 41.5 Å². The van der Waals surface area contributed by atoms with Gasteiger partial charge in [0.05, 0.1) is 55.2 Å². The quantitative estimate of drug-likeness (QED) is 0.136. The summed E-state index contributed by atoms with van der Waals surface area (Å²) in [4.78, 5) is 168. The van der Waals surface area contributed by atoms with E-state index in [9.17, 15) is 67.7 Å². The Labute approximate surface area is 412 Å². The molecule has 4 aliphatic heterocycles. The Bertz CT molecular complexity index is 2520. The monoisotopic (exact) mass is 1000 g/mol. The summed E-state index contributed by atoms with van der Waals surface area (Å²) in [6.45, 7) is 4.77. The zero-order valence-electron chi connectivity index (χ0n) is 39.9. The lowest BCUT2D eigenvalue weighted by Gasteiger charge is -2.31. The number of aliphatic carboxylic acids is 1. The number of ketones is 3. The van der Waals surface area contributed by atoms with Crippen LogP contribution in [-0.2, 0) is 70.4 Å². The second-order valence-corrected chi connectivity index (χ2v) is 19.8. The van der Waals surface area contributed by atoms with Crippen LogP contribution in [0.5, 0.6) is 0 Å². The number of imide groups is 1. The lowest BCUT2D eigenvalue weighted by Crippen LogP contribution is -2.55. The van der Waals surface area contributed by atoms with Gasteiger partial charge in [-0.3, -0.25) is 62.4 Å². The summed E-state index contributed by atoms with van der Waals surface area (Å²) >= 11 is 1.01. The van der Waals surface area contributed by atoms with Crippen LogP contribution in [0, 0.1) is 23.7 Å². The van der Waals surface area contributed by atoms with E-state index in [1.807, 2.05) is 0 Å². The molecule has 9 atom stereocenters. The first-order valence-corrected chi connectivity index (χ1v) is 24.7. The number of aromatic amines is 1. The number of aliphatic hydroxyl groups excluding tert-OH is 1. The lowest BCUT2D eigenvalue weighted by atomic mass is 9.86. The highest BCUT2D eigenvalue weighted by Gasteiger charge is 2.44. The highest BCUT2D eigenvalue weighted by molar-refractivity contribution is 7.99. The Hall–Kier alpha value is -6.75. The van der Waals surface area contributed by atoms with E-state index in [4.69, 9.17) is 0 Å². The van der Waals surface area contributed by atoms with Gasteiger partial charge in [-0.05, 0) is 41.5 Å². The molecule has 8 amide bonds. The van der Waals surface area contributed by atoms with Gasteiger partial charge in [-0.15, -0.1) is 11.8 Å². The molecule has 23 heteroatoms. The maximum Gasteiger partial charge on any atom is 0.304 e. The van der Waals surface area contributed by atoms with E-state index in [1.165, 1.54) is 0 Å². The van der Waals surface area contributed by atoms with E-state index < -0.39 is 163 Å². The van der Waals surface area contributed by atoms with E-state index in [2.05, 4.69) is 31.6 Å². The smallest absolute Gasteiger partial charge is 0.304 e. The number of nitrogens with zero attached hydrogens (tertiary/aromatic N) is 2. The Kier molecular flexibility index (Phi) is 17.7. The minimum atomic E-state index is -1.58. The van der Waals surface area contributed by atoms with Gasteiger partial charge in [-0.2, -0.15) is 0 Å². The molecule has 8 N–H and O–H groups in total. The van der Waals surface area contributed by atoms with Crippen molar-refractivity contribution in [2.45, 2.75) is 114 Å². The summed E-state index contributed by atoms with van der Waals surface area (Å²) < 4.78 is 0. The first kappa shape index (κ1) is 53.6. The van der Waals surface area contributed by atoms with Crippen molar-refractivity contribution in [2.75, 3.05) is 31.9 Å². The van der Waals surface area contributed by atoms with Crippen molar-refractivity contribution in [2.24, 2.45) is 23.7 Å². The minimum Gasteiger partial charge on any atom is -0.481 e. The molecule has 0 saturated carbocycles. The van der Waals surface area contributed by atoms with Gasteiger partial charge in [0, 0.05) is 67.0 Å². The number of amides is 8. The van der Waals surface area contributed by atoms with Crippen LogP contribution in [0.1, 0.15) is 77.3 Å². The van der Waals surface area contributed by atoms with Gasteiger partial charge in [0.25, 0.3) is 11.8 Å². The molecule has 1 aromatic heterocycles. The van der Waals surface area contributed by atoms with Crippen molar-refractivity contribution in [3.63, 3.8) is 0 Å². The van der Waals surface area contributed by atoms with Crippen molar-refractivity contribution < 1.29 is 67.7 Å². The van der Waals surface area contributed by atoms with Crippen LogP contribution in [0.3, 0.4) is 0 Å². The number of aliphatic hydroxyl groups is 1. The number of H-pyrrole nitrogens is 1. The van der Waals surface area contributed by atoms with Gasteiger partial charge in [-0.25, -0.2) is 0 Å². The number of benzene rings is 1. The van der Waals surface area contributed by atoms with Crippen LogP contribution in [0.4, 0.5) is 0 Å². The standard InChI is InChI=1S/C48H60N8O14S/c1-5-23(3)42-36(60)14-26-13-31-30-12-25(11-28(57)21-56-39(63)9-10-40(56)64)7-8-32(30)52-47(31)71-22-33(51-37(61)18-50-46(69)43(24(4)6-2)53-38(62)19-49-44(26)67)35(59)15-27(16-41(65)66)48(70)55-20-29(58)17-34(55)45(68)54-42/h7-10,12,23-24,26-27,29,33-34,42-43,52,58H,5-6,11,13-22H2,1-4H3,(H,49,67)(H,50,69)(H,51,61)(H,53,62)(H,54,68)(H,65,66)/t23?,24-,26-,27-,29+,33-,34-,42-,43+/m0/s1. The maximum absolute atomic E-state index is 14.7. The number of hydrogen-bond donors (Lipinski definition) is 8. The summed E-state index contributed by atoms with van der Waals surface area (Å²) in [7, 11) is 0. The molecule has 1 unspecified atom stereocenters. The number of carbonyl (C=O) groups excluding carboxylic acids is 11. The molecule has 0 spiro atoms. The van der Waals surface area contributed by atoms with Crippen LogP contribution in [-0.4, -0.2) is 158 Å². The van der Waals surface area contributed by atoms with E-state index in [-0.39, 0.29) is 31.6 Å². The molecular formula is C48H60N8O14S. The second kappa shape index (κ2) is 23.4. The molecule has 0 radical (unpaired) electrons. The third kappa shape index (κ3) is 13.2. The van der Waals surface area contributed by atoms with Crippen LogP contribution in [0.15, 0.2) is 35.4 Å². The molecule has 0 aliphatic carbocycles. The molecular weight excluding hydrogens is 945 g/mol. The van der Waals surface area contributed by atoms with Crippen LogP contribution >= 0.6 is 11.8 Å². The van der Waals surface area contributed by atoms with E-state index in [1.54, 1.807) is 45.9 Å². The maximum atomic E-state index is 14.7. The molecule has 382 valence electrons. The zero-order chi connectivity index (χ0) is 51.8. The summed E-state index contributed by atoms with van der Waals surface area (Å²) in [5.74, 6) is -13.6. The summed E-state index contributed by atoms with van der Waals surface area (Å²) in [5, 5.41) is 34.6. The Morgan fingerprint density at radius 1 is 0.789 bits per heavy atom. The molecule has 1 fully saturated rings. The number of aromatic nitrogens is 1. The normalized spacial score (nSPS) is 26.5. The highest BCUT2D eigenvalue weighted by atomic mass is 32.2. The number of hydrogen-bond acceptors (Lipinski definition) is 14. The topological polar surface area (TPSA) is 328 Å². The number of rotatable bonds is 10.